The fraction of sp³-hybridized carbons (Fsp3) is 0.533. The minimum atomic E-state index is -0.803. The van der Waals surface area contributed by atoms with E-state index in [1.165, 1.54) is 37.1 Å². The molecule has 116 valence electrons. The van der Waals surface area contributed by atoms with Crippen molar-refractivity contribution in [3.63, 3.8) is 0 Å². The third kappa shape index (κ3) is 6.55. The molecule has 0 bridgehead atoms. The number of amides is 1. The maximum Gasteiger partial charge on any atom is 0.234 e. The van der Waals surface area contributed by atoms with Crippen molar-refractivity contribution < 1.29 is 19.0 Å². The lowest BCUT2D eigenvalue weighted by Gasteiger charge is -2.13. The molecule has 1 aromatic rings. The molecule has 1 aromatic carbocycles. The van der Waals surface area contributed by atoms with Gasteiger partial charge in [0, 0.05) is 6.54 Å². The second kappa shape index (κ2) is 7.95. The van der Waals surface area contributed by atoms with Crippen LogP contribution in [0.4, 0.5) is 4.39 Å². The van der Waals surface area contributed by atoms with E-state index in [4.69, 9.17) is 4.74 Å². The van der Waals surface area contributed by atoms with Gasteiger partial charge in [-0.2, -0.15) is 0 Å². The molecule has 1 aliphatic rings. The molecule has 6 heteroatoms. The van der Waals surface area contributed by atoms with Gasteiger partial charge in [0.15, 0.2) is 0 Å². The van der Waals surface area contributed by atoms with Gasteiger partial charge >= 0.3 is 0 Å². The minimum Gasteiger partial charge on any atom is -0.491 e. The molecule has 0 spiro atoms. The molecule has 0 aromatic heterocycles. The van der Waals surface area contributed by atoms with Crippen molar-refractivity contribution in [2.24, 2.45) is 5.92 Å². The molecule has 0 heterocycles. The molecule has 0 saturated heterocycles. The Morgan fingerprint density at radius 2 is 2.10 bits per heavy atom. The monoisotopic (exact) mass is 296 g/mol. The third-order valence-electron chi connectivity index (χ3n) is 3.21. The molecule has 5 nitrogen and oxygen atoms in total. The number of benzene rings is 1. The summed E-state index contributed by atoms with van der Waals surface area (Å²) in [4.78, 5) is 11.5. The molecule has 3 N–H and O–H groups in total. The number of nitrogens with one attached hydrogen (secondary N) is 2. The van der Waals surface area contributed by atoms with Crippen LogP contribution in [0.15, 0.2) is 24.3 Å². The molecule has 1 fully saturated rings. The highest BCUT2D eigenvalue weighted by Crippen LogP contribution is 2.27. The summed E-state index contributed by atoms with van der Waals surface area (Å²) in [5, 5.41) is 15.4. The Balaban J connectivity index is 1.54. The summed E-state index contributed by atoms with van der Waals surface area (Å²) in [6.45, 7) is 1.32. The van der Waals surface area contributed by atoms with Gasteiger partial charge in [0.25, 0.3) is 0 Å². The Hall–Kier alpha value is -1.66. The molecule has 21 heavy (non-hydrogen) atoms. The van der Waals surface area contributed by atoms with Crippen molar-refractivity contribution in [1.82, 2.24) is 10.6 Å². The number of ether oxygens (including phenoxy) is 1. The summed E-state index contributed by atoms with van der Waals surface area (Å²) in [5.41, 5.74) is 0. The Labute approximate surface area is 123 Å². The van der Waals surface area contributed by atoms with E-state index in [-0.39, 0.29) is 31.4 Å². The smallest absolute Gasteiger partial charge is 0.234 e. The summed E-state index contributed by atoms with van der Waals surface area (Å²) >= 11 is 0. The Bertz CT molecular complexity index is 449. The maximum atomic E-state index is 12.7. The van der Waals surface area contributed by atoms with E-state index >= 15 is 0 Å². The summed E-state index contributed by atoms with van der Waals surface area (Å²) < 4.78 is 18.0. The van der Waals surface area contributed by atoms with Gasteiger partial charge in [0.2, 0.25) is 5.91 Å². The Morgan fingerprint density at radius 3 is 2.76 bits per heavy atom. The number of hydrogen-bond donors (Lipinski definition) is 3. The predicted octanol–water partition coefficient (Wildman–Crippen LogP) is 0.681. The van der Waals surface area contributed by atoms with Gasteiger partial charge in [-0.3, -0.25) is 4.79 Å². The Morgan fingerprint density at radius 1 is 1.38 bits per heavy atom. The van der Waals surface area contributed by atoms with Crippen LogP contribution in [0.2, 0.25) is 0 Å². The largest absolute Gasteiger partial charge is 0.491 e. The number of aliphatic hydroxyl groups excluding tert-OH is 1. The normalized spacial score (nSPS) is 15.5. The van der Waals surface area contributed by atoms with E-state index in [1.807, 2.05) is 0 Å². The van der Waals surface area contributed by atoms with Crippen molar-refractivity contribution in [1.29, 1.82) is 0 Å². The van der Waals surface area contributed by atoms with Gasteiger partial charge in [0.1, 0.15) is 24.3 Å². The second-order valence-corrected chi connectivity index (χ2v) is 5.30. The quantitative estimate of drug-likeness (QED) is 0.627. The number of carbonyl (C=O) groups excluding carboxylic acids is 1. The average Bonchev–Trinajstić information content (AvgIpc) is 3.29. The predicted molar refractivity (Wildman–Crippen MR) is 76.5 cm³/mol. The number of halogens is 1. The van der Waals surface area contributed by atoms with E-state index in [2.05, 4.69) is 10.6 Å². The van der Waals surface area contributed by atoms with Crippen molar-refractivity contribution >= 4 is 5.91 Å². The highest BCUT2D eigenvalue weighted by Gasteiger charge is 2.20. The third-order valence-corrected chi connectivity index (χ3v) is 3.21. The summed E-state index contributed by atoms with van der Waals surface area (Å²) in [6.07, 6.45) is 1.68. The zero-order chi connectivity index (χ0) is 15.1. The van der Waals surface area contributed by atoms with Gasteiger partial charge in [0.05, 0.1) is 6.54 Å². The highest BCUT2D eigenvalue weighted by molar-refractivity contribution is 5.77. The first-order valence-corrected chi connectivity index (χ1v) is 7.17. The maximum absolute atomic E-state index is 12.7. The van der Waals surface area contributed by atoms with Crippen LogP contribution in [0.3, 0.4) is 0 Å². The van der Waals surface area contributed by atoms with Crippen LogP contribution in [0, 0.1) is 11.7 Å². The summed E-state index contributed by atoms with van der Waals surface area (Å²) in [7, 11) is 0. The van der Waals surface area contributed by atoms with Crippen LogP contribution in [-0.4, -0.2) is 43.4 Å². The second-order valence-electron chi connectivity index (χ2n) is 5.30. The number of carbonyl (C=O) groups is 1. The number of aliphatic hydroxyl groups is 1. The topological polar surface area (TPSA) is 70.6 Å². The fourth-order valence-corrected chi connectivity index (χ4v) is 1.79. The van der Waals surface area contributed by atoms with E-state index in [0.717, 1.165) is 12.5 Å². The fourth-order valence-electron chi connectivity index (χ4n) is 1.79. The van der Waals surface area contributed by atoms with Crippen molar-refractivity contribution in [2.45, 2.75) is 18.9 Å². The zero-order valence-electron chi connectivity index (χ0n) is 11.8. The number of hydrogen-bond acceptors (Lipinski definition) is 4. The molecule has 1 saturated carbocycles. The van der Waals surface area contributed by atoms with E-state index < -0.39 is 6.10 Å². The van der Waals surface area contributed by atoms with Crippen LogP contribution < -0.4 is 15.4 Å². The van der Waals surface area contributed by atoms with Crippen LogP contribution in [0.25, 0.3) is 0 Å². The van der Waals surface area contributed by atoms with Crippen molar-refractivity contribution in [3.8, 4) is 5.75 Å². The lowest BCUT2D eigenvalue weighted by Crippen LogP contribution is -2.40. The first-order valence-electron chi connectivity index (χ1n) is 7.17. The van der Waals surface area contributed by atoms with Gasteiger partial charge < -0.3 is 20.5 Å². The zero-order valence-corrected chi connectivity index (χ0v) is 11.8. The molecule has 0 aliphatic heterocycles. The minimum absolute atomic E-state index is 0.0431. The van der Waals surface area contributed by atoms with E-state index in [9.17, 15) is 14.3 Å². The standard InChI is InChI=1S/C15H21FN2O3/c16-12-3-5-14(6-4-12)21-10-13(19)8-18-15(20)9-17-7-11-1-2-11/h3-6,11,13,17,19H,1-2,7-10H2,(H,18,20). The molecule has 1 atom stereocenters. The SMILES string of the molecule is O=C(CNCC1CC1)NCC(O)COc1ccc(F)cc1. The first-order chi connectivity index (χ1) is 10.1. The lowest BCUT2D eigenvalue weighted by molar-refractivity contribution is -0.120. The van der Waals surface area contributed by atoms with Crippen LogP contribution in [0.1, 0.15) is 12.8 Å². The molecular weight excluding hydrogens is 275 g/mol. The molecule has 2 rings (SSSR count). The Kier molecular flexibility index (Phi) is 5.95. The summed E-state index contributed by atoms with van der Waals surface area (Å²) in [6, 6.07) is 5.55. The van der Waals surface area contributed by atoms with Crippen LogP contribution in [0.5, 0.6) is 5.75 Å². The molecule has 1 unspecified atom stereocenters. The van der Waals surface area contributed by atoms with Gasteiger partial charge in [-0.25, -0.2) is 4.39 Å². The van der Waals surface area contributed by atoms with E-state index in [1.54, 1.807) is 0 Å². The molecule has 1 amide bonds. The van der Waals surface area contributed by atoms with Crippen LogP contribution in [-0.2, 0) is 4.79 Å². The first kappa shape index (κ1) is 15.7. The van der Waals surface area contributed by atoms with Crippen LogP contribution >= 0.6 is 0 Å². The van der Waals surface area contributed by atoms with Crippen molar-refractivity contribution in [3.05, 3.63) is 30.1 Å². The van der Waals surface area contributed by atoms with E-state index in [0.29, 0.717) is 5.75 Å². The van der Waals surface area contributed by atoms with Gasteiger partial charge in [-0.05, 0) is 49.6 Å². The van der Waals surface area contributed by atoms with Crippen molar-refractivity contribution in [2.75, 3.05) is 26.2 Å². The van der Waals surface area contributed by atoms with Gasteiger partial charge in [-0.15, -0.1) is 0 Å². The summed E-state index contributed by atoms with van der Waals surface area (Å²) in [5.74, 6) is 0.728. The van der Waals surface area contributed by atoms with Gasteiger partial charge in [-0.1, -0.05) is 0 Å². The highest BCUT2D eigenvalue weighted by atomic mass is 19.1. The molecular formula is C15H21FN2O3. The lowest BCUT2D eigenvalue weighted by atomic mass is 10.3. The molecule has 1 aliphatic carbocycles. The average molecular weight is 296 g/mol. The molecule has 0 radical (unpaired) electrons. The number of rotatable bonds is 9.